The zero-order valence-electron chi connectivity index (χ0n) is 28.0. The summed E-state index contributed by atoms with van der Waals surface area (Å²) in [6.45, 7) is 0. The molecule has 31 heteroatoms. The number of hydrogen-bond donors (Lipinski definition) is 0. The standard InChI is InChI=1S/C23H20N2O2.2C2F6NO4S2.Mg/c1-3-7-15-13(5-1)11-17-19(15)24-21(26-17)23(9-10-23)22-25-20-16-8-4-2-6-14(16)12-18(20)27-22;2*3-1(4,5)14(10,11)9-15(12,13)2(6,7)8;/h1-8,17-20H,9-12H2;;;/q;2*-1;+2/t17-,18-,19+,20+;;;/m0.../s1. The molecule has 3 aliphatic carbocycles. The van der Waals surface area contributed by atoms with Crippen molar-refractivity contribution in [2.75, 3.05) is 0 Å². The van der Waals surface area contributed by atoms with Gasteiger partial charge in [0, 0.05) is 12.8 Å². The first kappa shape index (κ1) is 47.7. The Labute approximate surface area is 335 Å². The first-order chi connectivity index (χ1) is 25.7. The van der Waals surface area contributed by atoms with Gasteiger partial charge >= 0.3 is 45.1 Å². The van der Waals surface area contributed by atoms with Gasteiger partial charge in [0.05, 0.1) is 0 Å². The van der Waals surface area contributed by atoms with E-state index in [9.17, 15) is 86.4 Å². The molecule has 318 valence electrons. The molecule has 2 aliphatic heterocycles. The minimum atomic E-state index is -6.72. The van der Waals surface area contributed by atoms with Gasteiger partial charge in [0.25, 0.3) is 0 Å². The molecule has 14 nitrogen and oxygen atoms in total. The van der Waals surface area contributed by atoms with Gasteiger partial charge in [-0.05, 0) is 35.1 Å². The quantitative estimate of drug-likeness (QED) is 0.255. The van der Waals surface area contributed by atoms with Crippen LogP contribution in [0.5, 0.6) is 0 Å². The number of benzene rings is 2. The topological polar surface area (TPSA) is 208 Å². The van der Waals surface area contributed by atoms with E-state index in [0.29, 0.717) is 0 Å². The van der Waals surface area contributed by atoms with Crippen LogP contribution in [0.15, 0.2) is 58.5 Å². The van der Waals surface area contributed by atoms with Crippen LogP contribution in [0.25, 0.3) is 8.25 Å². The number of sulfonamides is 4. The SMILES string of the molecule is O=S(=O)([N-]S(=O)(=O)C(F)(F)F)C(F)(F)F.O=S(=O)([N-]S(=O)(=O)C(F)(F)F)C(F)(F)F.[Mg+2].c1ccc2c(c1)C[C@@H]1OC(C3(C4=N[C@@H]5c6ccccc6C[C@@H]5O4)CC3)=N[C@H]21. The van der Waals surface area contributed by atoms with Crippen molar-refractivity contribution < 1.29 is 95.8 Å². The van der Waals surface area contributed by atoms with Gasteiger partial charge in [-0.15, -0.1) is 0 Å². The van der Waals surface area contributed by atoms with Gasteiger partial charge in [0.2, 0.25) is 0 Å². The van der Waals surface area contributed by atoms with E-state index in [4.69, 9.17) is 19.5 Å². The number of nitrogens with zero attached hydrogens (tertiary/aromatic N) is 4. The summed E-state index contributed by atoms with van der Waals surface area (Å²) in [7, 11) is -26.9. The average molecular weight is 941 g/mol. The van der Waals surface area contributed by atoms with Crippen molar-refractivity contribution in [1.82, 2.24) is 0 Å². The van der Waals surface area contributed by atoms with Crippen LogP contribution in [-0.4, -0.2) is 103 Å². The second-order valence-electron chi connectivity index (χ2n) is 12.3. The van der Waals surface area contributed by atoms with Crippen molar-refractivity contribution >= 4 is 74.9 Å². The van der Waals surface area contributed by atoms with E-state index >= 15 is 0 Å². The van der Waals surface area contributed by atoms with Crippen molar-refractivity contribution in [2.24, 2.45) is 15.4 Å². The Balaban J connectivity index is 0.000000209. The molecule has 1 saturated carbocycles. The normalized spacial score (nSPS) is 23.4. The number of alkyl halides is 12. The Bertz CT molecular complexity index is 2190. The van der Waals surface area contributed by atoms with Crippen molar-refractivity contribution in [3.8, 4) is 0 Å². The van der Waals surface area contributed by atoms with Gasteiger partial charge in [-0.3, -0.25) is 0 Å². The molecule has 7 rings (SSSR count). The van der Waals surface area contributed by atoms with Crippen molar-refractivity contribution in [3.63, 3.8) is 0 Å². The number of fused-ring (bicyclic) bond motifs is 6. The molecule has 5 aliphatic rings. The molecule has 0 spiro atoms. The molecule has 0 aromatic heterocycles. The molecular weight excluding hydrogens is 921 g/mol. The summed E-state index contributed by atoms with van der Waals surface area (Å²) in [6.07, 6.45) is 4.28. The van der Waals surface area contributed by atoms with Crippen LogP contribution >= 0.6 is 0 Å². The minimum absolute atomic E-state index is 0. The first-order valence-corrected chi connectivity index (χ1v) is 20.9. The fourth-order valence-electron chi connectivity index (χ4n) is 5.74. The second-order valence-corrected chi connectivity index (χ2v) is 19.1. The third-order valence-electron chi connectivity index (χ3n) is 8.46. The van der Waals surface area contributed by atoms with Crippen LogP contribution in [0.3, 0.4) is 0 Å². The predicted molar refractivity (Wildman–Crippen MR) is 174 cm³/mol. The zero-order valence-corrected chi connectivity index (χ0v) is 32.7. The summed E-state index contributed by atoms with van der Waals surface area (Å²) in [5, 5.41) is 0. The van der Waals surface area contributed by atoms with Crippen LogP contribution in [-0.2, 0) is 62.4 Å². The number of halogens is 12. The van der Waals surface area contributed by atoms with Crippen LogP contribution in [0.4, 0.5) is 52.7 Å². The third-order valence-corrected chi connectivity index (χ3v) is 13.9. The maximum Gasteiger partial charge on any atom is 2.00 e. The molecule has 58 heavy (non-hydrogen) atoms. The van der Waals surface area contributed by atoms with E-state index in [0.717, 1.165) is 45.7 Å². The molecule has 2 aromatic carbocycles. The summed E-state index contributed by atoms with van der Waals surface area (Å²) in [6, 6.07) is 17.5. The largest absolute Gasteiger partial charge is 2.00 e. The van der Waals surface area contributed by atoms with E-state index < -0.39 is 62.1 Å². The van der Waals surface area contributed by atoms with Crippen LogP contribution in [0, 0.1) is 5.41 Å². The fraction of sp³-hybridized carbons (Fsp3) is 0.481. The van der Waals surface area contributed by atoms with Gasteiger partial charge < -0.3 is 17.7 Å². The number of rotatable bonds is 6. The van der Waals surface area contributed by atoms with E-state index in [1.165, 1.54) is 22.3 Å². The summed E-state index contributed by atoms with van der Waals surface area (Å²) in [4.78, 5) is 10.1. The van der Waals surface area contributed by atoms with E-state index in [2.05, 4.69) is 48.5 Å². The van der Waals surface area contributed by atoms with E-state index in [1.54, 1.807) is 0 Å². The Kier molecular flexibility index (Phi) is 12.7. The monoisotopic (exact) mass is 940 g/mol. The molecule has 1 fully saturated rings. The molecule has 0 saturated heterocycles. The van der Waals surface area contributed by atoms with Gasteiger partial charge in [0.1, 0.15) is 29.7 Å². The van der Waals surface area contributed by atoms with Crippen LogP contribution in [0.2, 0.25) is 0 Å². The summed E-state index contributed by atoms with van der Waals surface area (Å²) in [5.41, 5.74) is -19.6. The Morgan fingerprint density at radius 2 is 0.793 bits per heavy atom. The molecule has 2 aromatic rings. The summed E-state index contributed by atoms with van der Waals surface area (Å²) < 4.78 is 231. The average Bonchev–Trinajstić information content (AvgIpc) is 3.29. The smallest absolute Gasteiger partial charge is 0.474 e. The molecule has 0 N–H and O–H groups in total. The molecule has 0 bridgehead atoms. The molecule has 0 radical (unpaired) electrons. The van der Waals surface area contributed by atoms with Crippen LogP contribution in [0.1, 0.15) is 47.2 Å². The summed E-state index contributed by atoms with van der Waals surface area (Å²) in [5.74, 6) is 1.75. The van der Waals surface area contributed by atoms with Gasteiger partial charge in [-0.1, -0.05) is 48.5 Å². The molecule has 4 atom stereocenters. The Hall–Kier alpha value is -2.97. The van der Waals surface area contributed by atoms with Crippen molar-refractivity contribution in [3.05, 3.63) is 79.0 Å². The van der Waals surface area contributed by atoms with Gasteiger partial charge in [0.15, 0.2) is 51.9 Å². The van der Waals surface area contributed by atoms with Crippen molar-refractivity contribution in [2.45, 2.75) is 72.0 Å². The Morgan fingerprint density at radius 1 is 0.517 bits per heavy atom. The molecule has 0 unspecified atom stereocenters. The summed E-state index contributed by atoms with van der Waals surface area (Å²) >= 11 is 0. The molecule has 0 amide bonds. The number of aliphatic imine (C=N–C) groups is 2. The Morgan fingerprint density at radius 3 is 1.05 bits per heavy atom. The van der Waals surface area contributed by atoms with Gasteiger partial charge in [-0.25, -0.2) is 43.7 Å². The van der Waals surface area contributed by atoms with E-state index in [1.807, 2.05) is 0 Å². The molecular formula is C27H20F12MgN4O10S4. The maximum absolute atomic E-state index is 11.4. The second kappa shape index (κ2) is 15.5. The van der Waals surface area contributed by atoms with Gasteiger partial charge in [-0.2, -0.15) is 52.7 Å². The number of hydrogen-bond acceptors (Lipinski definition) is 12. The van der Waals surface area contributed by atoms with E-state index in [-0.39, 0.29) is 52.8 Å². The first-order valence-electron chi connectivity index (χ1n) is 15.1. The molecule has 2 heterocycles. The fourth-order valence-corrected chi connectivity index (χ4v) is 9.16. The minimum Gasteiger partial charge on any atom is -0.474 e. The predicted octanol–water partition coefficient (Wildman–Crippen LogP) is 5.69. The number of ether oxygens (including phenoxy) is 2. The van der Waals surface area contributed by atoms with Crippen LogP contribution < -0.4 is 0 Å². The van der Waals surface area contributed by atoms with Crippen molar-refractivity contribution in [1.29, 1.82) is 0 Å². The third kappa shape index (κ3) is 9.33. The zero-order chi connectivity index (χ0) is 43.0. The maximum atomic E-state index is 11.4.